The average Bonchev–Trinajstić information content (AvgIpc) is 3.53. The molecule has 1 aliphatic carbocycles. The number of rotatable bonds is 7. The maximum absolute atomic E-state index is 12.3. The molecule has 0 bridgehead atoms. The third-order valence-corrected chi connectivity index (χ3v) is 5.92. The molecule has 0 spiro atoms. The van der Waals surface area contributed by atoms with Crippen LogP contribution >= 0.6 is 0 Å². The van der Waals surface area contributed by atoms with Crippen molar-refractivity contribution in [3.05, 3.63) is 107 Å². The lowest BCUT2D eigenvalue weighted by atomic mass is 9.99. The van der Waals surface area contributed by atoms with Gasteiger partial charge >= 0.3 is 0 Å². The molecule has 3 aromatic rings. The number of anilines is 1. The molecule has 0 radical (unpaired) electrons. The van der Waals surface area contributed by atoms with E-state index in [0.29, 0.717) is 17.4 Å². The van der Waals surface area contributed by atoms with E-state index in [4.69, 9.17) is 0 Å². The van der Waals surface area contributed by atoms with Crippen molar-refractivity contribution in [1.29, 1.82) is 0 Å². The van der Waals surface area contributed by atoms with Gasteiger partial charge in [0.25, 0.3) is 5.91 Å². The predicted octanol–water partition coefficient (Wildman–Crippen LogP) is 7.02. The highest BCUT2D eigenvalue weighted by molar-refractivity contribution is 6.04. The molecule has 1 N–H and O–H groups in total. The SMILES string of the molecule is CC/C=C\c1ccc(C[C@H]2C[C@H]2c2ccc(NC(=O)c3ccccc3)cc2)cc1C. The Kier molecular flexibility index (Phi) is 6.13. The van der Waals surface area contributed by atoms with Gasteiger partial charge in [0.05, 0.1) is 0 Å². The summed E-state index contributed by atoms with van der Waals surface area (Å²) in [5.74, 6) is 1.27. The minimum atomic E-state index is -0.0692. The lowest BCUT2D eigenvalue weighted by Crippen LogP contribution is -2.11. The molecule has 1 aliphatic rings. The first-order valence-corrected chi connectivity index (χ1v) is 10.9. The molecular formula is C28H29NO. The Hall–Kier alpha value is -3.13. The van der Waals surface area contributed by atoms with Crippen LogP contribution in [0.25, 0.3) is 6.08 Å². The second kappa shape index (κ2) is 9.13. The van der Waals surface area contributed by atoms with Crippen molar-refractivity contribution in [1.82, 2.24) is 0 Å². The molecule has 1 saturated carbocycles. The standard InChI is InChI=1S/C28H29NO/c1-3-4-8-22-12-11-21(17-20(22)2)18-25-19-27(25)23-13-15-26(16-14-23)29-28(30)24-9-6-5-7-10-24/h4-17,25,27H,3,18-19H2,1-2H3,(H,29,30)/b8-4-/t25-,27-/m0/s1. The number of benzene rings is 3. The van der Waals surface area contributed by atoms with Gasteiger partial charge < -0.3 is 5.32 Å². The van der Waals surface area contributed by atoms with E-state index in [9.17, 15) is 4.79 Å². The molecule has 2 atom stereocenters. The zero-order chi connectivity index (χ0) is 20.9. The highest BCUT2D eigenvalue weighted by Crippen LogP contribution is 2.49. The van der Waals surface area contributed by atoms with Crippen LogP contribution in [-0.2, 0) is 6.42 Å². The van der Waals surface area contributed by atoms with Crippen LogP contribution in [0.4, 0.5) is 5.69 Å². The minimum Gasteiger partial charge on any atom is -0.322 e. The van der Waals surface area contributed by atoms with Gasteiger partial charge in [-0.05, 0) is 84.5 Å². The van der Waals surface area contributed by atoms with Crippen LogP contribution in [0.15, 0.2) is 78.9 Å². The summed E-state index contributed by atoms with van der Waals surface area (Å²) in [6, 6.07) is 24.5. The molecule has 0 aromatic heterocycles. The molecule has 30 heavy (non-hydrogen) atoms. The number of hydrogen-bond acceptors (Lipinski definition) is 1. The largest absolute Gasteiger partial charge is 0.322 e. The molecule has 3 aromatic carbocycles. The van der Waals surface area contributed by atoms with Crippen molar-refractivity contribution >= 4 is 17.7 Å². The van der Waals surface area contributed by atoms with Crippen LogP contribution in [0.5, 0.6) is 0 Å². The number of aryl methyl sites for hydroxylation is 1. The number of hydrogen-bond donors (Lipinski definition) is 1. The summed E-state index contributed by atoms with van der Waals surface area (Å²) in [4.78, 5) is 12.3. The predicted molar refractivity (Wildman–Crippen MR) is 126 cm³/mol. The van der Waals surface area contributed by atoms with E-state index in [1.54, 1.807) is 0 Å². The van der Waals surface area contributed by atoms with Gasteiger partial charge in [0.15, 0.2) is 0 Å². The van der Waals surface area contributed by atoms with Crippen LogP contribution in [0.1, 0.15) is 58.3 Å². The monoisotopic (exact) mass is 395 g/mol. The number of nitrogens with one attached hydrogen (secondary N) is 1. The van der Waals surface area contributed by atoms with E-state index in [0.717, 1.165) is 18.5 Å². The van der Waals surface area contributed by atoms with Crippen molar-refractivity contribution in [3.8, 4) is 0 Å². The third-order valence-electron chi connectivity index (χ3n) is 5.92. The highest BCUT2D eigenvalue weighted by Gasteiger charge is 2.37. The van der Waals surface area contributed by atoms with Gasteiger partial charge in [-0.2, -0.15) is 0 Å². The van der Waals surface area contributed by atoms with Gasteiger partial charge in [-0.25, -0.2) is 0 Å². The first-order chi connectivity index (χ1) is 14.6. The number of allylic oxidation sites excluding steroid dienone is 1. The second-order valence-corrected chi connectivity index (χ2v) is 8.25. The van der Waals surface area contributed by atoms with E-state index in [1.165, 1.54) is 28.7 Å². The Balaban J connectivity index is 1.34. The van der Waals surface area contributed by atoms with E-state index in [1.807, 2.05) is 42.5 Å². The summed E-state index contributed by atoms with van der Waals surface area (Å²) in [5, 5.41) is 2.98. The highest BCUT2D eigenvalue weighted by atomic mass is 16.1. The van der Waals surface area contributed by atoms with Crippen molar-refractivity contribution in [2.24, 2.45) is 5.92 Å². The van der Waals surface area contributed by atoms with Crippen molar-refractivity contribution in [2.75, 3.05) is 5.32 Å². The molecule has 2 heteroatoms. The molecule has 152 valence electrons. The summed E-state index contributed by atoms with van der Waals surface area (Å²) in [7, 11) is 0. The fraction of sp³-hybridized carbons (Fsp3) is 0.250. The van der Waals surface area contributed by atoms with E-state index in [-0.39, 0.29) is 5.91 Å². The van der Waals surface area contributed by atoms with E-state index >= 15 is 0 Å². The summed E-state index contributed by atoms with van der Waals surface area (Å²) in [6.07, 6.45) is 7.88. The quantitative estimate of drug-likeness (QED) is 0.458. The van der Waals surface area contributed by atoms with Crippen LogP contribution < -0.4 is 5.32 Å². The molecule has 4 rings (SSSR count). The van der Waals surface area contributed by atoms with Gasteiger partial charge in [-0.1, -0.05) is 67.6 Å². The first-order valence-electron chi connectivity index (χ1n) is 10.9. The smallest absolute Gasteiger partial charge is 0.255 e. The van der Waals surface area contributed by atoms with Crippen LogP contribution in [0.2, 0.25) is 0 Å². The zero-order valence-electron chi connectivity index (χ0n) is 17.8. The summed E-state index contributed by atoms with van der Waals surface area (Å²) in [6.45, 7) is 4.36. The molecule has 0 unspecified atom stereocenters. The lowest BCUT2D eigenvalue weighted by Gasteiger charge is -2.08. The third kappa shape index (κ3) is 4.88. The van der Waals surface area contributed by atoms with E-state index in [2.05, 4.69) is 61.6 Å². The second-order valence-electron chi connectivity index (χ2n) is 8.25. The number of carbonyl (C=O) groups excluding carboxylic acids is 1. The van der Waals surface area contributed by atoms with Gasteiger partial charge in [0.2, 0.25) is 0 Å². The fourth-order valence-electron chi connectivity index (χ4n) is 4.09. The van der Waals surface area contributed by atoms with E-state index < -0.39 is 0 Å². The Morgan fingerprint density at radius 3 is 2.50 bits per heavy atom. The van der Waals surface area contributed by atoms with Gasteiger partial charge in [0, 0.05) is 11.3 Å². The Bertz CT molecular complexity index is 1030. The first kappa shape index (κ1) is 20.2. The van der Waals surface area contributed by atoms with Crippen LogP contribution in [-0.4, -0.2) is 5.91 Å². The summed E-state index contributed by atoms with van der Waals surface area (Å²) >= 11 is 0. The molecule has 2 nitrogen and oxygen atoms in total. The fourth-order valence-corrected chi connectivity index (χ4v) is 4.09. The molecule has 0 heterocycles. The molecular weight excluding hydrogens is 366 g/mol. The Morgan fingerprint density at radius 2 is 1.80 bits per heavy atom. The minimum absolute atomic E-state index is 0.0692. The maximum atomic E-state index is 12.3. The average molecular weight is 396 g/mol. The molecule has 1 fully saturated rings. The van der Waals surface area contributed by atoms with Crippen molar-refractivity contribution in [3.63, 3.8) is 0 Å². The van der Waals surface area contributed by atoms with Crippen molar-refractivity contribution in [2.45, 2.75) is 39.0 Å². The van der Waals surface area contributed by atoms with Gasteiger partial charge in [-0.3, -0.25) is 4.79 Å². The zero-order valence-corrected chi connectivity index (χ0v) is 17.8. The van der Waals surface area contributed by atoms with Crippen LogP contribution in [0, 0.1) is 12.8 Å². The number of carbonyl (C=O) groups is 1. The maximum Gasteiger partial charge on any atom is 0.255 e. The molecule has 0 saturated heterocycles. The van der Waals surface area contributed by atoms with Crippen LogP contribution in [0.3, 0.4) is 0 Å². The molecule has 1 amide bonds. The topological polar surface area (TPSA) is 29.1 Å². The van der Waals surface area contributed by atoms with Gasteiger partial charge in [0.1, 0.15) is 0 Å². The normalized spacial score (nSPS) is 17.8. The van der Waals surface area contributed by atoms with Crippen molar-refractivity contribution < 1.29 is 4.79 Å². The lowest BCUT2D eigenvalue weighted by molar-refractivity contribution is 0.102. The molecule has 0 aliphatic heterocycles. The number of amides is 1. The summed E-state index contributed by atoms with van der Waals surface area (Å²) < 4.78 is 0. The van der Waals surface area contributed by atoms with Gasteiger partial charge in [-0.15, -0.1) is 0 Å². The Morgan fingerprint density at radius 1 is 1.03 bits per heavy atom. The Labute approximate surface area is 179 Å². The summed E-state index contributed by atoms with van der Waals surface area (Å²) in [5.41, 5.74) is 7.00.